The molecule has 0 bridgehead atoms. The van der Waals surface area contributed by atoms with Gasteiger partial charge in [-0.25, -0.2) is 19.9 Å². The molecular weight excluding hydrogens is 398 g/mol. The molecule has 3 heterocycles. The van der Waals surface area contributed by atoms with E-state index in [1.165, 1.54) is 37.0 Å². The Labute approximate surface area is 179 Å². The van der Waals surface area contributed by atoms with E-state index in [0.717, 1.165) is 40.7 Å². The summed E-state index contributed by atoms with van der Waals surface area (Å²) in [5, 5.41) is 6.94. The lowest BCUT2D eigenvalue weighted by Crippen LogP contribution is -2.25. The van der Waals surface area contributed by atoms with E-state index >= 15 is 0 Å². The molecule has 0 saturated heterocycles. The van der Waals surface area contributed by atoms with E-state index in [9.17, 15) is 0 Å². The van der Waals surface area contributed by atoms with Crippen LogP contribution in [-0.4, -0.2) is 38.1 Å². The predicted octanol–water partition coefficient (Wildman–Crippen LogP) is 3.95. The molecule has 0 aromatic carbocycles. The third-order valence-corrected chi connectivity index (χ3v) is 6.85. The summed E-state index contributed by atoms with van der Waals surface area (Å²) in [7, 11) is 1.89. The Morgan fingerprint density at radius 3 is 2.60 bits per heavy atom. The largest absolute Gasteiger partial charge is 0.460 e. The molecule has 30 heavy (non-hydrogen) atoms. The third kappa shape index (κ3) is 4.41. The van der Waals surface area contributed by atoms with Crippen LogP contribution in [0, 0.1) is 5.41 Å². The molecular formula is C21H25N7OS. The van der Waals surface area contributed by atoms with Crippen molar-refractivity contribution in [3.05, 3.63) is 36.4 Å². The smallest absolute Gasteiger partial charge is 0.317 e. The van der Waals surface area contributed by atoms with Gasteiger partial charge in [0.25, 0.3) is 0 Å². The van der Waals surface area contributed by atoms with Crippen LogP contribution in [0.4, 0.5) is 11.1 Å². The Hall–Kier alpha value is -2.65. The highest BCUT2D eigenvalue weighted by atomic mass is 32.1. The average molecular weight is 424 g/mol. The van der Waals surface area contributed by atoms with E-state index in [1.807, 2.05) is 13.1 Å². The van der Waals surface area contributed by atoms with Gasteiger partial charge in [-0.05, 0) is 57.1 Å². The summed E-state index contributed by atoms with van der Waals surface area (Å²) >= 11 is 1.50. The van der Waals surface area contributed by atoms with Gasteiger partial charge in [0.05, 0.1) is 10.6 Å². The van der Waals surface area contributed by atoms with Crippen LogP contribution in [-0.2, 0) is 6.54 Å². The zero-order valence-electron chi connectivity index (χ0n) is 17.0. The normalized spacial score (nSPS) is 17.8. The minimum Gasteiger partial charge on any atom is -0.460 e. The Balaban J connectivity index is 1.22. The maximum atomic E-state index is 6.09. The van der Waals surface area contributed by atoms with Gasteiger partial charge in [0, 0.05) is 36.9 Å². The molecule has 0 amide bonds. The number of thiazole rings is 1. The Kier molecular flexibility index (Phi) is 5.30. The number of nitrogens with one attached hydrogen (secondary N) is 2. The van der Waals surface area contributed by atoms with Crippen molar-refractivity contribution in [3.8, 4) is 16.6 Å². The second-order valence-electron chi connectivity index (χ2n) is 8.14. The fourth-order valence-corrected chi connectivity index (χ4v) is 4.72. The summed E-state index contributed by atoms with van der Waals surface area (Å²) in [6, 6.07) is 2.34. The third-order valence-electron chi connectivity index (χ3n) is 5.92. The van der Waals surface area contributed by atoms with Crippen molar-refractivity contribution in [3.63, 3.8) is 0 Å². The van der Waals surface area contributed by atoms with E-state index in [4.69, 9.17) is 4.74 Å². The van der Waals surface area contributed by atoms with Crippen LogP contribution < -0.4 is 15.4 Å². The number of ether oxygens (including phenoxy) is 1. The van der Waals surface area contributed by atoms with Gasteiger partial charge in [0.2, 0.25) is 5.95 Å². The molecule has 1 spiro atoms. The van der Waals surface area contributed by atoms with E-state index in [1.54, 1.807) is 24.8 Å². The Morgan fingerprint density at radius 2 is 1.87 bits per heavy atom. The molecule has 2 saturated carbocycles. The number of hydrogen-bond donors (Lipinski definition) is 2. The molecule has 2 aliphatic carbocycles. The van der Waals surface area contributed by atoms with Crippen LogP contribution in [0.2, 0.25) is 0 Å². The molecule has 3 aromatic heterocycles. The van der Waals surface area contributed by atoms with Crippen molar-refractivity contribution < 1.29 is 4.74 Å². The van der Waals surface area contributed by atoms with Gasteiger partial charge < -0.3 is 15.4 Å². The van der Waals surface area contributed by atoms with Gasteiger partial charge in [-0.15, -0.1) is 0 Å². The molecule has 156 valence electrons. The number of rotatable bonds is 7. The lowest BCUT2D eigenvalue weighted by atomic mass is 9.85. The SMILES string of the molecule is CNCc1cnc(Nc2ncc(-c3ccnc(OC4CCC5(CC4)CC5)n3)s2)nc1. The molecule has 0 unspecified atom stereocenters. The van der Waals surface area contributed by atoms with Crippen LogP contribution in [0.3, 0.4) is 0 Å². The number of anilines is 2. The van der Waals surface area contributed by atoms with Crippen molar-refractivity contribution in [2.75, 3.05) is 12.4 Å². The monoisotopic (exact) mass is 423 g/mol. The highest BCUT2D eigenvalue weighted by Gasteiger charge is 2.45. The van der Waals surface area contributed by atoms with E-state index < -0.39 is 0 Å². The topological polar surface area (TPSA) is 97.7 Å². The van der Waals surface area contributed by atoms with Gasteiger partial charge in [-0.3, -0.25) is 0 Å². The Bertz CT molecular complexity index is 993. The standard InChI is InChI=1S/C21H25N7OS/c1-22-10-14-11-24-18(25-12-14)28-20-26-13-17(30-20)16-4-9-23-19(27-16)29-15-2-5-21(6-3-15)7-8-21/h4,9,11-13,15,22H,2-3,5-8,10H2,1H3,(H,24,25,26,28). The molecule has 9 heteroatoms. The molecule has 3 aromatic rings. The minimum absolute atomic E-state index is 0.230. The average Bonchev–Trinajstić information content (AvgIpc) is 3.36. The van der Waals surface area contributed by atoms with Gasteiger partial charge in [0.1, 0.15) is 6.10 Å². The zero-order valence-corrected chi connectivity index (χ0v) is 17.8. The molecule has 2 N–H and O–H groups in total. The summed E-state index contributed by atoms with van der Waals surface area (Å²) in [5.74, 6) is 0.521. The second kappa shape index (κ2) is 8.23. The Morgan fingerprint density at radius 1 is 1.07 bits per heavy atom. The van der Waals surface area contributed by atoms with Crippen LogP contribution in [0.15, 0.2) is 30.9 Å². The number of hydrogen-bond acceptors (Lipinski definition) is 9. The van der Waals surface area contributed by atoms with Crippen molar-refractivity contribution in [2.24, 2.45) is 5.41 Å². The summed E-state index contributed by atoms with van der Waals surface area (Å²) in [6.07, 6.45) is 14.9. The predicted molar refractivity (Wildman–Crippen MR) is 116 cm³/mol. The first-order valence-electron chi connectivity index (χ1n) is 10.4. The van der Waals surface area contributed by atoms with E-state index in [2.05, 4.69) is 35.6 Å². The summed E-state index contributed by atoms with van der Waals surface area (Å²) in [6.45, 7) is 0.738. The molecule has 0 atom stereocenters. The quantitative estimate of drug-likeness (QED) is 0.589. The number of aromatic nitrogens is 5. The lowest BCUT2D eigenvalue weighted by molar-refractivity contribution is 0.114. The molecule has 2 fully saturated rings. The molecule has 5 rings (SSSR count). The van der Waals surface area contributed by atoms with E-state index in [0.29, 0.717) is 17.4 Å². The first-order valence-corrected chi connectivity index (χ1v) is 11.2. The lowest BCUT2D eigenvalue weighted by Gasteiger charge is -2.28. The molecule has 0 radical (unpaired) electrons. The second-order valence-corrected chi connectivity index (χ2v) is 9.17. The van der Waals surface area contributed by atoms with Gasteiger partial charge in [-0.1, -0.05) is 11.3 Å². The summed E-state index contributed by atoms with van der Waals surface area (Å²) in [5.41, 5.74) is 2.50. The zero-order chi connectivity index (χ0) is 20.4. The van der Waals surface area contributed by atoms with Crippen molar-refractivity contribution in [1.82, 2.24) is 30.2 Å². The van der Waals surface area contributed by atoms with Gasteiger partial charge in [-0.2, -0.15) is 4.98 Å². The maximum Gasteiger partial charge on any atom is 0.317 e. The van der Waals surface area contributed by atoms with Gasteiger partial charge in [0.15, 0.2) is 5.13 Å². The first-order chi connectivity index (χ1) is 14.7. The van der Waals surface area contributed by atoms with Crippen molar-refractivity contribution in [2.45, 2.75) is 51.2 Å². The molecule has 0 aliphatic heterocycles. The van der Waals surface area contributed by atoms with Crippen molar-refractivity contribution >= 4 is 22.4 Å². The highest BCUT2D eigenvalue weighted by molar-refractivity contribution is 7.18. The van der Waals surface area contributed by atoms with Crippen LogP contribution in [0.25, 0.3) is 10.6 Å². The van der Waals surface area contributed by atoms with Crippen molar-refractivity contribution in [1.29, 1.82) is 0 Å². The fraction of sp³-hybridized carbons (Fsp3) is 0.476. The molecule has 2 aliphatic rings. The fourth-order valence-electron chi connectivity index (χ4n) is 3.94. The maximum absolute atomic E-state index is 6.09. The van der Waals surface area contributed by atoms with E-state index in [-0.39, 0.29) is 6.10 Å². The first kappa shape index (κ1) is 19.3. The van der Waals surface area contributed by atoms with Crippen LogP contribution in [0.5, 0.6) is 6.01 Å². The van der Waals surface area contributed by atoms with Gasteiger partial charge >= 0.3 is 6.01 Å². The summed E-state index contributed by atoms with van der Waals surface area (Å²) < 4.78 is 6.09. The highest BCUT2D eigenvalue weighted by Crippen LogP contribution is 2.56. The van der Waals surface area contributed by atoms with Crippen LogP contribution in [0.1, 0.15) is 44.1 Å². The summed E-state index contributed by atoms with van der Waals surface area (Å²) in [4.78, 5) is 23.0. The molecule has 8 nitrogen and oxygen atoms in total. The number of nitrogens with zero attached hydrogens (tertiary/aromatic N) is 5. The minimum atomic E-state index is 0.230. The van der Waals surface area contributed by atoms with Crippen LogP contribution >= 0.6 is 11.3 Å².